The Balaban J connectivity index is 1.80. The lowest BCUT2D eigenvalue weighted by molar-refractivity contribution is -0.123. The SMILES string of the molecule is COc1ccccc1Cn1c(CCCNC(=O)C(C)C)nc2ccccc21. The molecule has 0 radical (unpaired) electrons. The second-order valence-corrected chi connectivity index (χ2v) is 6.96. The van der Waals surface area contributed by atoms with Gasteiger partial charge in [-0.05, 0) is 24.6 Å². The molecule has 0 saturated heterocycles. The van der Waals surface area contributed by atoms with Crippen LogP contribution in [0, 0.1) is 5.92 Å². The van der Waals surface area contributed by atoms with Crippen molar-refractivity contribution in [2.75, 3.05) is 13.7 Å². The molecule has 3 rings (SSSR count). The van der Waals surface area contributed by atoms with Gasteiger partial charge in [0.25, 0.3) is 0 Å². The molecule has 0 bridgehead atoms. The number of hydrogen-bond acceptors (Lipinski definition) is 3. The third kappa shape index (κ3) is 4.48. The molecule has 5 heteroatoms. The zero-order valence-corrected chi connectivity index (χ0v) is 16.2. The lowest BCUT2D eigenvalue weighted by Crippen LogP contribution is -2.28. The van der Waals surface area contributed by atoms with E-state index in [4.69, 9.17) is 9.72 Å². The van der Waals surface area contributed by atoms with Crippen molar-refractivity contribution in [1.82, 2.24) is 14.9 Å². The third-order valence-electron chi connectivity index (χ3n) is 4.66. The smallest absolute Gasteiger partial charge is 0.222 e. The van der Waals surface area contributed by atoms with E-state index in [0.29, 0.717) is 13.1 Å². The molecule has 1 amide bonds. The normalized spacial score (nSPS) is 11.1. The average Bonchev–Trinajstić information content (AvgIpc) is 3.03. The summed E-state index contributed by atoms with van der Waals surface area (Å²) < 4.78 is 7.76. The number of nitrogens with one attached hydrogen (secondary N) is 1. The molecule has 27 heavy (non-hydrogen) atoms. The van der Waals surface area contributed by atoms with E-state index in [1.165, 1.54) is 0 Å². The number of hydrogen-bond donors (Lipinski definition) is 1. The van der Waals surface area contributed by atoms with Crippen LogP contribution in [0.2, 0.25) is 0 Å². The van der Waals surface area contributed by atoms with Crippen LogP contribution in [0.5, 0.6) is 5.75 Å². The molecular formula is C22H27N3O2. The number of carbonyl (C=O) groups is 1. The van der Waals surface area contributed by atoms with Crippen LogP contribution in [0.15, 0.2) is 48.5 Å². The van der Waals surface area contributed by atoms with Gasteiger partial charge in [-0.2, -0.15) is 0 Å². The van der Waals surface area contributed by atoms with Crippen LogP contribution in [-0.2, 0) is 17.8 Å². The second kappa shape index (κ2) is 8.71. The van der Waals surface area contributed by atoms with Crippen molar-refractivity contribution in [3.05, 3.63) is 59.9 Å². The van der Waals surface area contributed by atoms with Crippen LogP contribution in [0.3, 0.4) is 0 Å². The van der Waals surface area contributed by atoms with Crippen LogP contribution < -0.4 is 10.1 Å². The van der Waals surface area contributed by atoms with Crippen molar-refractivity contribution < 1.29 is 9.53 Å². The highest BCUT2D eigenvalue weighted by Crippen LogP contribution is 2.23. The van der Waals surface area contributed by atoms with E-state index in [2.05, 4.69) is 22.0 Å². The van der Waals surface area contributed by atoms with Gasteiger partial charge in [0.05, 0.1) is 24.7 Å². The topological polar surface area (TPSA) is 56.1 Å². The molecule has 0 atom stereocenters. The summed E-state index contributed by atoms with van der Waals surface area (Å²) in [7, 11) is 1.70. The Bertz CT molecular complexity index is 915. The quantitative estimate of drug-likeness (QED) is 0.618. The van der Waals surface area contributed by atoms with Crippen LogP contribution in [-0.4, -0.2) is 29.1 Å². The molecule has 0 fully saturated rings. The lowest BCUT2D eigenvalue weighted by atomic mass is 10.2. The molecule has 0 aliphatic rings. The number of nitrogens with zero attached hydrogens (tertiary/aromatic N) is 2. The van der Waals surface area contributed by atoms with Crippen LogP contribution in [0.1, 0.15) is 31.7 Å². The van der Waals surface area contributed by atoms with Crippen molar-refractivity contribution in [3.8, 4) is 5.75 Å². The summed E-state index contributed by atoms with van der Waals surface area (Å²) in [4.78, 5) is 16.6. The third-order valence-corrected chi connectivity index (χ3v) is 4.66. The second-order valence-electron chi connectivity index (χ2n) is 6.96. The number of aromatic nitrogens is 2. The minimum atomic E-state index is 0.0140. The minimum absolute atomic E-state index is 0.0140. The monoisotopic (exact) mass is 365 g/mol. The largest absolute Gasteiger partial charge is 0.496 e. The Morgan fingerprint density at radius 1 is 1.15 bits per heavy atom. The van der Waals surface area contributed by atoms with E-state index in [-0.39, 0.29) is 11.8 Å². The number of benzene rings is 2. The molecule has 0 unspecified atom stereocenters. The highest BCUT2D eigenvalue weighted by atomic mass is 16.5. The molecule has 1 N–H and O–H groups in total. The Kier molecular flexibility index (Phi) is 6.12. The maximum atomic E-state index is 11.7. The number of amides is 1. The summed E-state index contributed by atoms with van der Waals surface area (Å²) in [5.41, 5.74) is 3.23. The van der Waals surface area contributed by atoms with Gasteiger partial charge in [0.1, 0.15) is 11.6 Å². The Morgan fingerprint density at radius 3 is 2.67 bits per heavy atom. The van der Waals surface area contributed by atoms with Gasteiger partial charge in [-0.25, -0.2) is 4.98 Å². The first-order valence-corrected chi connectivity index (χ1v) is 9.44. The van der Waals surface area contributed by atoms with Gasteiger partial charge in [-0.15, -0.1) is 0 Å². The molecule has 0 aliphatic heterocycles. The molecule has 1 heterocycles. The molecule has 3 aromatic rings. The van der Waals surface area contributed by atoms with Crippen molar-refractivity contribution in [2.45, 2.75) is 33.2 Å². The van der Waals surface area contributed by atoms with E-state index in [1.54, 1.807) is 7.11 Å². The zero-order valence-electron chi connectivity index (χ0n) is 16.2. The highest BCUT2D eigenvalue weighted by molar-refractivity contribution is 5.77. The molecule has 2 aromatic carbocycles. The van der Waals surface area contributed by atoms with Crippen molar-refractivity contribution >= 4 is 16.9 Å². The number of carbonyl (C=O) groups excluding carboxylic acids is 1. The number of rotatable bonds is 8. The average molecular weight is 365 g/mol. The lowest BCUT2D eigenvalue weighted by Gasteiger charge is -2.13. The first-order chi connectivity index (χ1) is 13.1. The van der Waals surface area contributed by atoms with Crippen LogP contribution in [0.4, 0.5) is 0 Å². The summed E-state index contributed by atoms with van der Waals surface area (Å²) in [6.07, 6.45) is 1.66. The van der Waals surface area contributed by atoms with E-state index in [1.807, 2.05) is 50.2 Å². The fourth-order valence-electron chi connectivity index (χ4n) is 3.16. The summed E-state index contributed by atoms with van der Waals surface area (Å²) in [5.74, 6) is 2.02. The van der Waals surface area contributed by atoms with Gasteiger partial charge in [0.15, 0.2) is 0 Å². The number of para-hydroxylation sites is 3. The van der Waals surface area contributed by atoms with Gasteiger partial charge >= 0.3 is 0 Å². The molecule has 0 aliphatic carbocycles. The van der Waals surface area contributed by atoms with Gasteiger partial charge in [0, 0.05) is 24.4 Å². The predicted octanol–water partition coefficient (Wildman–Crippen LogP) is 3.80. The summed E-state index contributed by atoms with van der Waals surface area (Å²) in [6.45, 7) is 5.18. The summed E-state index contributed by atoms with van der Waals surface area (Å²) in [6, 6.07) is 16.3. The van der Waals surface area contributed by atoms with Crippen LogP contribution >= 0.6 is 0 Å². The summed E-state index contributed by atoms with van der Waals surface area (Å²) in [5, 5.41) is 2.98. The maximum absolute atomic E-state index is 11.7. The van der Waals surface area contributed by atoms with E-state index >= 15 is 0 Å². The Labute approximate surface area is 160 Å². The first-order valence-electron chi connectivity index (χ1n) is 9.44. The van der Waals surface area contributed by atoms with Gasteiger partial charge < -0.3 is 14.6 Å². The van der Waals surface area contributed by atoms with Crippen molar-refractivity contribution in [2.24, 2.45) is 5.92 Å². The Hall–Kier alpha value is -2.82. The van der Waals surface area contributed by atoms with Crippen LogP contribution in [0.25, 0.3) is 11.0 Å². The van der Waals surface area contributed by atoms with Gasteiger partial charge in [-0.1, -0.05) is 44.2 Å². The number of aryl methyl sites for hydroxylation is 1. The number of ether oxygens (including phenoxy) is 1. The summed E-state index contributed by atoms with van der Waals surface area (Å²) >= 11 is 0. The van der Waals surface area contributed by atoms with Crippen molar-refractivity contribution in [3.63, 3.8) is 0 Å². The highest BCUT2D eigenvalue weighted by Gasteiger charge is 2.13. The van der Waals surface area contributed by atoms with Gasteiger partial charge in [0.2, 0.25) is 5.91 Å². The van der Waals surface area contributed by atoms with E-state index in [9.17, 15) is 4.79 Å². The molecule has 5 nitrogen and oxygen atoms in total. The number of methoxy groups -OCH3 is 1. The maximum Gasteiger partial charge on any atom is 0.222 e. The standard InChI is InChI=1S/C22H27N3O2/c1-16(2)22(26)23-14-8-13-21-24-18-10-5-6-11-19(18)25(21)15-17-9-4-7-12-20(17)27-3/h4-7,9-12,16H,8,13-15H2,1-3H3,(H,23,26). The molecule has 0 saturated carbocycles. The molecule has 0 spiro atoms. The Morgan fingerprint density at radius 2 is 1.89 bits per heavy atom. The fourth-order valence-corrected chi connectivity index (χ4v) is 3.16. The van der Waals surface area contributed by atoms with Crippen molar-refractivity contribution in [1.29, 1.82) is 0 Å². The van der Waals surface area contributed by atoms with Gasteiger partial charge in [-0.3, -0.25) is 4.79 Å². The number of imidazole rings is 1. The predicted molar refractivity (Wildman–Crippen MR) is 108 cm³/mol. The molecule has 1 aromatic heterocycles. The number of fused-ring (bicyclic) bond motifs is 1. The van der Waals surface area contributed by atoms with E-state index < -0.39 is 0 Å². The first kappa shape index (κ1) is 19.0. The minimum Gasteiger partial charge on any atom is -0.496 e. The van der Waals surface area contributed by atoms with E-state index in [0.717, 1.165) is 41.0 Å². The molecule has 142 valence electrons. The zero-order chi connectivity index (χ0) is 19.2. The molecular weight excluding hydrogens is 338 g/mol. The fraction of sp³-hybridized carbons (Fsp3) is 0.364.